The SMILES string of the molecule is CCc1nc(C(=O)NC)c(Nc2cc(F)cc(OCCCNC(=O)OC(C)(C)C)c2)nc1N(C)C. The van der Waals surface area contributed by atoms with Crippen molar-refractivity contribution < 1.29 is 23.5 Å². The smallest absolute Gasteiger partial charge is 0.407 e. The van der Waals surface area contributed by atoms with Crippen LogP contribution in [-0.4, -0.2) is 61.9 Å². The summed E-state index contributed by atoms with van der Waals surface area (Å²) in [6.07, 6.45) is 0.579. The van der Waals surface area contributed by atoms with E-state index in [0.717, 1.165) is 0 Å². The minimum atomic E-state index is -0.572. The summed E-state index contributed by atoms with van der Waals surface area (Å²) in [5.74, 6) is 0.156. The van der Waals surface area contributed by atoms with E-state index in [1.165, 1.54) is 19.2 Å². The molecule has 0 bridgehead atoms. The van der Waals surface area contributed by atoms with Crippen LogP contribution in [0.15, 0.2) is 18.2 Å². The molecule has 3 N–H and O–H groups in total. The van der Waals surface area contributed by atoms with Crippen molar-refractivity contribution in [1.29, 1.82) is 0 Å². The van der Waals surface area contributed by atoms with Crippen LogP contribution in [0.1, 0.15) is 50.3 Å². The van der Waals surface area contributed by atoms with Crippen molar-refractivity contribution in [1.82, 2.24) is 20.6 Å². The lowest BCUT2D eigenvalue weighted by molar-refractivity contribution is 0.0525. The molecule has 35 heavy (non-hydrogen) atoms. The molecular formula is C24H35FN6O4. The number of carbonyl (C=O) groups excluding carboxylic acids is 2. The number of benzene rings is 1. The fraction of sp³-hybridized carbons (Fsp3) is 0.500. The zero-order valence-electron chi connectivity index (χ0n) is 21.4. The van der Waals surface area contributed by atoms with Crippen LogP contribution in [0.2, 0.25) is 0 Å². The highest BCUT2D eigenvalue weighted by Crippen LogP contribution is 2.27. The van der Waals surface area contributed by atoms with Gasteiger partial charge in [0.05, 0.1) is 12.3 Å². The van der Waals surface area contributed by atoms with Crippen LogP contribution < -0.4 is 25.6 Å². The number of nitrogens with one attached hydrogen (secondary N) is 3. The lowest BCUT2D eigenvalue weighted by atomic mass is 10.2. The minimum Gasteiger partial charge on any atom is -0.493 e. The van der Waals surface area contributed by atoms with E-state index in [1.54, 1.807) is 31.7 Å². The molecule has 0 saturated carbocycles. The molecular weight excluding hydrogens is 455 g/mol. The maximum Gasteiger partial charge on any atom is 0.407 e. The van der Waals surface area contributed by atoms with Gasteiger partial charge < -0.3 is 30.3 Å². The number of alkyl carbamates (subject to hydrolysis) is 1. The predicted molar refractivity (Wildman–Crippen MR) is 133 cm³/mol. The fourth-order valence-corrected chi connectivity index (χ4v) is 3.04. The first-order valence-electron chi connectivity index (χ1n) is 11.4. The number of anilines is 3. The maximum atomic E-state index is 14.3. The summed E-state index contributed by atoms with van der Waals surface area (Å²) in [6, 6.07) is 4.13. The minimum absolute atomic E-state index is 0.106. The Labute approximate surface area is 205 Å². The van der Waals surface area contributed by atoms with Crippen LogP contribution in [0.5, 0.6) is 5.75 Å². The van der Waals surface area contributed by atoms with Gasteiger partial charge in [0, 0.05) is 45.5 Å². The molecule has 0 spiro atoms. The summed E-state index contributed by atoms with van der Waals surface area (Å²) in [7, 11) is 5.17. The highest BCUT2D eigenvalue weighted by molar-refractivity contribution is 5.97. The molecule has 192 valence electrons. The molecule has 2 aromatic rings. The Kier molecular flexibility index (Phi) is 9.61. The van der Waals surface area contributed by atoms with Crippen LogP contribution >= 0.6 is 0 Å². The number of hydrogen-bond acceptors (Lipinski definition) is 8. The summed E-state index contributed by atoms with van der Waals surface area (Å²) in [4.78, 5) is 35.0. The number of nitrogens with zero attached hydrogens (tertiary/aromatic N) is 3. The third-order valence-electron chi connectivity index (χ3n) is 4.54. The quantitative estimate of drug-likeness (QED) is 0.432. The van der Waals surface area contributed by atoms with E-state index in [2.05, 4.69) is 25.9 Å². The number of hydrogen-bond donors (Lipinski definition) is 3. The van der Waals surface area contributed by atoms with E-state index in [4.69, 9.17) is 9.47 Å². The van der Waals surface area contributed by atoms with Gasteiger partial charge in [-0.15, -0.1) is 0 Å². The molecule has 0 atom stereocenters. The second-order valence-electron chi connectivity index (χ2n) is 8.95. The molecule has 2 rings (SSSR count). The zero-order valence-corrected chi connectivity index (χ0v) is 21.4. The van der Waals surface area contributed by atoms with E-state index >= 15 is 0 Å². The predicted octanol–water partition coefficient (Wildman–Crippen LogP) is 3.64. The van der Waals surface area contributed by atoms with Gasteiger partial charge in [0.2, 0.25) is 0 Å². The van der Waals surface area contributed by atoms with Crippen molar-refractivity contribution in [3.63, 3.8) is 0 Å². The number of halogens is 1. The molecule has 0 aliphatic carbocycles. The second kappa shape index (κ2) is 12.2. The Morgan fingerprint density at radius 2 is 1.86 bits per heavy atom. The molecule has 0 unspecified atom stereocenters. The Balaban J connectivity index is 2.12. The van der Waals surface area contributed by atoms with E-state index in [1.807, 2.05) is 21.0 Å². The van der Waals surface area contributed by atoms with Crippen molar-refractivity contribution >= 4 is 29.3 Å². The fourth-order valence-electron chi connectivity index (χ4n) is 3.04. The lowest BCUT2D eigenvalue weighted by Crippen LogP contribution is -2.33. The number of aryl methyl sites for hydroxylation is 1. The van der Waals surface area contributed by atoms with Crippen LogP contribution in [0.25, 0.3) is 0 Å². The lowest BCUT2D eigenvalue weighted by Gasteiger charge is -2.19. The van der Waals surface area contributed by atoms with Crippen molar-refractivity contribution in [2.45, 2.75) is 46.1 Å². The maximum absolute atomic E-state index is 14.3. The van der Waals surface area contributed by atoms with Gasteiger partial charge in [-0.2, -0.15) is 0 Å². The average Bonchev–Trinajstić information content (AvgIpc) is 2.76. The summed E-state index contributed by atoms with van der Waals surface area (Å²) >= 11 is 0. The zero-order chi connectivity index (χ0) is 26.2. The largest absolute Gasteiger partial charge is 0.493 e. The summed E-state index contributed by atoms with van der Waals surface area (Å²) in [6.45, 7) is 7.88. The molecule has 0 aliphatic heterocycles. The van der Waals surface area contributed by atoms with Crippen LogP contribution in [0.3, 0.4) is 0 Å². The molecule has 0 saturated heterocycles. The first kappa shape index (κ1) is 27.6. The number of rotatable bonds is 10. The average molecular weight is 491 g/mol. The number of ether oxygens (including phenoxy) is 2. The third-order valence-corrected chi connectivity index (χ3v) is 4.54. The van der Waals surface area contributed by atoms with E-state index in [0.29, 0.717) is 36.6 Å². The molecule has 1 aromatic heterocycles. The molecule has 11 heteroatoms. The van der Waals surface area contributed by atoms with E-state index in [9.17, 15) is 14.0 Å². The Hall–Kier alpha value is -3.63. The van der Waals surface area contributed by atoms with E-state index in [-0.39, 0.29) is 23.9 Å². The van der Waals surface area contributed by atoms with Crippen LogP contribution in [0, 0.1) is 5.82 Å². The monoisotopic (exact) mass is 490 g/mol. The molecule has 2 amide bonds. The van der Waals surface area contributed by atoms with Gasteiger partial charge >= 0.3 is 6.09 Å². The Bertz CT molecular complexity index is 1040. The molecule has 10 nitrogen and oxygen atoms in total. The Morgan fingerprint density at radius 1 is 1.14 bits per heavy atom. The highest BCUT2D eigenvalue weighted by atomic mass is 19.1. The first-order valence-corrected chi connectivity index (χ1v) is 11.4. The number of aromatic nitrogens is 2. The van der Waals surface area contributed by atoms with Gasteiger partial charge in [-0.1, -0.05) is 6.92 Å². The van der Waals surface area contributed by atoms with Crippen LogP contribution in [-0.2, 0) is 11.2 Å². The number of carbonyl (C=O) groups is 2. The topological polar surface area (TPSA) is 118 Å². The second-order valence-corrected chi connectivity index (χ2v) is 8.95. The normalized spacial score (nSPS) is 11.0. The number of amides is 2. The van der Waals surface area contributed by atoms with Crippen molar-refractivity contribution in [2.75, 3.05) is 44.5 Å². The van der Waals surface area contributed by atoms with Crippen LogP contribution in [0.4, 0.5) is 26.5 Å². The van der Waals surface area contributed by atoms with E-state index < -0.39 is 23.4 Å². The van der Waals surface area contributed by atoms with Gasteiger partial charge in [0.1, 0.15) is 17.2 Å². The molecule has 0 aliphatic rings. The molecule has 1 aromatic carbocycles. The summed E-state index contributed by atoms with van der Waals surface area (Å²) < 4.78 is 25.1. The Morgan fingerprint density at radius 3 is 2.46 bits per heavy atom. The van der Waals surface area contributed by atoms with Gasteiger partial charge in [-0.25, -0.2) is 19.2 Å². The standard InChI is InChI=1S/C24H35FN6O4/c1-8-18-21(31(6)7)30-20(19(29-18)22(32)26-5)28-16-12-15(25)13-17(14-16)34-11-9-10-27-23(33)35-24(2,3)4/h12-14H,8-11H2,1-7H3,(H,26,32)(H,27,33)(H,28,30). The van der Waals surface area contributed by atoms with Gasteiger partial charge in [-0.3, -0.25) is 4.79 Å². The first-order chi connectivity index (χ1) is 16.4. The molecule has 0 fully saturated rings. The van der Waals surface area contributed by atoms with Gasteiger partial charge in [0.25, 0.3) is 5.91 Å². The van der Waals surface area contributed by atoms with Crippen molar-refractivity contribution in [3.8, 4) is 5.75 Å². The van der Waals surface area contributed by atoms with Crippen molar-refractivity contribution in [2.24, 2.45) is 0 Å². The molecule has 1 heterocycles. The van der Waals surface area contributed by atoms with Gasteiger partial charge in [0.15, 0.2) is 17.3 Å². The third kappa shape index (κ3) is 8.58. The van der Waals surface area contributed by atoms with Crippen molar-refractivity contribution in [3.05, 3.63) is 35.4 Å². The summed E-state index contributed by atoms with van der Waals surface area (Å²) in [5.41, 5.74) is 0.551. The summed E-state index contributed by atoms with van der Waals surface area (Å²) in [5, 5.41) is 8.20. The highest BCUT2D eigenvalue weighted by Gasteiger charge is 2.20. The van der Waals surface area contributed by atoms with Gasteiger partial charge in [-0.05, 0) is 39.7 Å². The molecule has 0 radical (unpaired) electrons.